The Kier molecular flexibility index (Phi) is 4.06. The minimum Gasteiger partial charge on any atom is -0.507 e. The van der Waals surface area contributed by atoms with Crippen LogP contribution < -0.4 is 5.32 Å². The standard InChI is InChI=1S/C15H13F4NO/c1-9(13-6-5-11(16)8-14(13)21)20-12-4-2-3-10(7-12)15(17,18)19/h2-9,20-21H,1H3. The number of rotatable bonds is 3. The first-order valence-corrected chi connectivity index (χ1v) is 6.19. The molecule has 0 radical (unpaired) electrons. The fraction of sp³-hybridized carbons (Fsp3) is 0.200. The van der Waals surface area contributed by atoms with E-state index in [1.165, 1.54) is 24.3 Å². The van der Waals surface area contributed by atoms with Gasteiger partial charge >= 0.3 is 6.18 Å². The quantitative estimate of drug-likeness (QED) is 0.803. The Balaban J connectivity index is 2.21. The van der Waals surface area contributed by atoms with Crippen LogP contribution >= 0.6 is 0 Å². The molecule has 21 heavy (non-hydrogen) atoms. The Bertz CT molecular complexity index is 640. The molecule has 112 valence electrons. The van der Waals surface area contributed by atoms with Gasteiger partial charge in [-0.05, 0) is 31.2 Å². The van der Waals surface area contributed by atoms with Crippen LogP contribution in [0.15, 0.2) is 42.5 Å². The smallest absolute Gasteiger partial charge is 0.416 e. The molecule has 0 aliphatic heterocycles. The predicted molar refractivity (Wildman–Crippen MR) is 71.5 cm³/mol. The van der Waals surface area contributed by atoms with E-state index in [4.69, 9.17) is 0 Å². The van der Waals surface area contributed by atoms with Crippen molar-refractivity contribution in [3.8, 4) is 5.75 Å². The number of hydrogen-bond donors (Lipinski definition) is 2. The van der Waals surface area contributed by atoms with Crippen molar-refractivity contribution in [3.05, 3.63) is 59.4 Å². The largest absolute Gasteiger partial charge is 0.507 e. The van der Waals surface area contributed by atoms with Crippen LogP contribution in [0.2, 0.25) is 0 Å². The monoisotopic (exact) mass is 299 g/mol. The predicted octanol–water partition coefficient (Wildman–Crippen LogP) is 4.72. The van der Waals surface area contributed by atoms with Crippen LogP contribution in [0, 0.1) is 5.82 Å². The molecular formula is C15H13F4NO. The van der Waals surface area contributed by atoms with E-state index in [1.54, 1.807) is 6.92 Å². The molecule has 0 saturated heterocycles. The summed E-state index contributed by atoms with van der Waals surface area (Å²) in [5, 5.41) is 12.5. The van der Waals surface area contributed by atoms with Crippen LogP contribution in [0.4, 0.5) is 23.2 Å². The van der Waals surface area contributed by atoms with Crippen LogP contribution in [-0.2, 0) is 6.18 Å². The van der Waals surface area contributed by atoms with Crippen molar-refractivity contribution in [2.75, 3.05) is 5.32 Å². The van der Waals surface area contributed by atoms with Crippen molar-refractivity contribution in [3.63, 3.8) is 0 Å². The van der Waals surface area contributed by atoms with Crippen LogP contribution in [0.3, 0.4) is 0 Å². The zero-order chi connectivity index (χ0) is 15.6. The van der Waals surface area contributed by atoms with Crippen molar-refractivity contribution in [1.82, 2.24) is 0 Å². The molecule has 0 bridgehead atoms. The molecule has 1 atom stereocenters. The Morgan fingerprint density at radius 3 is 2.43 bits per heavy atom. The van der Waals surface area contributed by atoms with E-state index in [1.807, 2.05) is 0 Å². The van der Waals surface area contributed by atoms with Gasteiger partial charge in [0.2, 0.25) is 0 Å². The number of anilines is 1. The van der Waals surface area contributed by atoms with Gasteiger partial charge in [-0.15, -0.1) is 0 Å². The molecule has 0 aromatic heterocycles. The fourth-order valence-corrected chi connectivity index (χ4v) is 2.00. The summed E-state index contributed by atoms with van der Waals surface area (Å²) < 4.78 is 50.8. The average molecular weight is 299 g/mol. The number of hydrogen-bond acceptors (Lipinski definition) is 2. The third-order valence-corrected chi connectivity index (χ3v) is 3.03. The minimum atomic E-state index is -4.42. The molecule has 0 fully saturated rings. The summed E-state index contributed by atoms with van der Waals surface area (Å²) in [6.45, 7) is 1.66. The molecular weight excluding hydrogens is 286 g/mol. The van der Waals surface area contributed by atoms with Gasteiger partial charge in [-0.3, -0.25) is 0 Å². The van der Waals surface area contributed by atoms with E-state index in [9.17, 15) is 22.7 Å². The van der Waals surface area contributed by atoms with Gasteiger partial charge in [0.15, 0.2) is 0 Å². The number of phenolic OH excluding ortho intramolecular Hbond substituents is 1. The Labute approximate surface area is 119 Å². The van der Waals surface area contributed by atoms with Crippen molar-refractivity contribution in [2.45, 2.75) is 19.1 Å². The molecule has 0 aliphatic rings. The first-order valence-electron chi connectivity index (χ1n) is 6.19. The summed E-state index contributed by atoms with van der Waals surface area (Å²) in [6.07, 6.45) is -4.42. The number of alkyl halides is 3. The van der Waals surface area contributed by atoms with Crippen molar-refractivity contribution < 1.29 is 22.7 Å². The second kappa shape index (κ2) is 5.63. The summed E-state index contributed by atoms with van der Waals surface area (Å²) in [6, 6.07) is 7.79. The molecule has 1 unspecified atom stereocenters. The van der Waals surface area contributed by atoms with Gasteiger partial charge in [0.1, 0.15) is 11.6 Å². The van der Waals surface area contributed by atoms with Crippen molar-refractivity contribution in [1.29, 1.82) is 0 Å². The summed E-state index contributed by atoms with van der Waals surface area (Å²) in [5.41, 5.74) is -0.0992. The molecule has 0 aliphatic carbocycles. The lowest BCUT2D eigenvalue weighted by Gasteiger charge is -2.18. The second-order valence-corrected chi connectivity index (χ2v) is 4.65. The van der Waals surface area contributed by atoms with Gasteiger partial charge in [0, 0.05) is 17.3 Å². The maximum absolute atomic E-state index is 12.9. The highest BCUT2D eigenvalue weighted by Crippen LogP contribution is 2.32. The topological polar surface area (TPSA) is 32.3 Å². The first-order chi connectivity index (χ1) is 9.77. The molecule has 6 heteroatoms. The molecule has 2 N–H and O–H groups in total. The minimum absolute atomic E-state index is 0.248. The van der Waals surface area contributed by atoms with Crippen LogP contribution in [-0.4, -0.2) is 5.11 Å². The average Bonchev–Trinajstić information content (AvgIpc) is 2.37. The highest BCUT2D eigenvalue weighted by Gasteiger charge is 2.30. The van der Waals surface area contributed by atoms with Crippen molar-refractivity contribution in [2.24, 2.45) is 0 Å². The molecule has 0 saturated carbocycles. The normalized spacial score (nSPS) is 13.0. The molecule has 2 rings (SSSR count). The number of phenols is 1. The molecule has 2 aromatic rings. The molecule has 0 spiro atoms. The molecule has 2 aromatic carbocycles. The maximum atomic E-state index is 12.9. The third-order valence-electron chi connectivity index (χ3n) is 3.03. The lowest BCUT2D eigenvalue weighted by Crippen LogP contribution is -2.09. The van der Waals surface area contributed by atoms with Gasteiger partial charge in [-0.2, -0.15) is 13.2 Å². The molecule has 0 amide bonds. The second-order valence-electron chi connectivity index (χ2n) is 4.65. The van der Waals surface area contributed by atoms with Crippen molar-refractivity contribution >= 4 is 5.69 Å². The highest BCUT2D eigenvalue weighted by molar-refractivity contribution is 5.49. The Morgan fingerprint density at radius 2 is 1.81 bits per heavy atom. The van der Waals surface area contributed by atoms with E-state index < -0.39 is 23.6 Å². The van der Waals surface area contributed by atoms with Gasteiger partial charge in [-0.1, -0.05) is 12.1 Å². The maximum Gasteiger partial charge on any atom is 0.416 e. The van der Waals surface area contributed by atoms with E-state index >= 15 is 0 Å². The Morgan fingerprint density at radius 1 is 1.10 bits per heavy atom. The van der Waals surface area contributed by atoms with E-state index in [0.29, 0.717) is 5.56 Å². The van der Waals surface area contributed by atoms with Gasteiger partial charge in [0.05, 0.1) is 11.6 Å². The summed E-state index contributed by atoms with van der Waals surface area (Å²) in [7, 11) is 0. The zero-order valence-electron chi connectivity index (χ0n) is 11.1. The number of aromatic hydroxyl groups is 1. The SMILES string of the molecule is CC(Nc1cccc(C(F)(F)F)c1)c1ccc(F)cc1O. The number of nitrogens with one attached hydrogen (secondary N) is 1. The number of halogens is 4. The number of benzene rings is 2. The van der Waals surface area contributed by atoms with Crippen LogP contribution in [0.25, 0.3) is 0 Å². The summed E-state index contributed by atoms with van der Waals surface area (Å²) >= 11 is 0. The first kappa shape index (κ1) is 15.2. The van der Waals surface area contributed by atoms with E-state index in [2.05, 4.69) is 5.32 Å². The zero-order valence-corrected chi connectivity index (χ0v) is 11.1. The van der Waals surface area contributed by atoms with Gasteiger partial charge in [0.25, 0.3) is 0 Å². The Hall–Kier alpha value is -2.24. The summed E-state index contributed by atoms with van der Waals surface area (Å²) in [4.78, 5) is 0. The lowest BCUT2D eigenvalue weighted by molar-refractivity contribution is -0.137. The third kappa shape index (κ3) is 3.65. The van der Waals surface area contributed by atoms with Crippen LogP contribution in [0.5, 0.6) is 5.75 Å². The van der Waals surface area contributed by atoms with Gasteiger partial charge < -0.3 is 10.4 Å². The van der Waals surface area contributed by atoms with Crippen LogP contribution in [0.1, 0.15) is 24.1 Å². The van der Waals surface area contributed by atoms with Gasteiger partial charge in [-0.25, -0.2) is 4.39 Å². The molecule has 2 nitrogen and oxygen atoms in total. The summed E-state index contributed by atoms with van der Waals surface area (Å²) in [5.74, 6) is -0.829. The van der Waals surface area contributed by atoms with E-state index in [-0.39, 0.29) is 11.4 Å². The fourth-order valence-electron chi connectivity index (χ4n) is 2.00. The highest BCUT2D eigenvalue weighted by atomic mass is 19.4. The lowest BCUT2D eigenvalue weighted by atomic mass is 10.1. The van der Waals surface area contributed by atoms with E-state index in [0.717, 1.165) is 18.2 Å². The molecule has 0 heterocycles.